The normalized spacial score (nSPS) is 41.1. The smallest absolute Gasteiger partial charge is 0.0246 e. The maximum absolute atomic E-state index is 7.08. The summed E-state index contributed by atoms with van der Waals surface area (Å²) in [4.78, 5) is 0. The van der Waals surface area contributed by atoms with E-state index in [9.17, 15) is 0 Å². The Morgan fingerprint density at radius 1 is 2.00 bits per heavy atom. The van der Waals surface area contributed by atoms with E-state index in [1.54, 1.807) is 0 Å². The summed E-state index contributed by atoms with van der Waals surface area (Å²) in [6.07, 6.45) is 3.74. The maximum atomic E-state index is 7.08. The molecule has 0 amide bonds. The summed E-state index contributed by atoms with van der Waals surface area (Å²) in [6.45, 7) is -1.07. The van der Waals surface area contributed by atoms with Crippen molar-refractivity contribution in [2.75, 3.05) is 6.54 Å². The summed E-state index contributed by atoms with van der Waals surface area (Å²) in [5.74, 6) is 0. The van der Waals surface area contributed by atoms with Crippen molar-refractivity contribution in [3.05, 3.63) is 6.42 Å². The molecule has 1 atom stereocenters. The Labute approximate surface area is 49.3 Å². The fourth-order valence-electron chi connectivity index (χ4n) is 0.714. The van der Waals surface area contributed by atoms with Gasteiger partial charge in [-0.3, -0.25) is 0 Å². The second kappa shape index (κ2) is 2.31. The fraction of sp³-hybridized carbons (Fsp3) is 0.833. The predicted molar refractivity (Wildman–Crippen MR) is 31.0 cm³/mol. The van der Waals surface area contributed by atoms with Crippen molar-refractivity contribution in [1.82, 2.24) is 5.32 Å². The maximum Gasteiger partial charge on any atom is 0.0246 e. The molecule has 0 spiro atoms. The first kappa shape index (κ1) is 2.49. The lowest BCUT2D eigenvalue weighted by molar-refractivity contribution is 0.482. The molecule has 1 aliphatic rings. The Hall–Kier alpha value is -0.0400. The third-order valence-electron chi connectivity index (χ3n) is 1.17. The molecular weight excluding hydrogens is 86.1 g/mol. The second-order valence-corrected chi connectivity index (χ2v) is 1.83. The first-order valence-electron chi connectivity index (χ1n) is 4.16. The summed E-state index contributed by atoms with van der Waals surface area (Å²) in [7, 11) is 0. The van der Waals surface area contributed by atoms with Crippen LogP contribution in [-0.4, -0.2) is 12.6 Å². The molecule has 0 aromatic heterocycles. The predicted octanol–water partition coefficient (Wildman–Crippen LogP) is 0.963. The number of hydrogen-bond donors (Lipinski definition) is 1. The summed E-state index contributed by atoms with van der Waals surface area (Å²) in [6, 6.07) is -0.280. The van der Waals surface area contributed by atoms with Crippen LogP contribution in [0.5, 0.6) is 0 Å². The average Bonchev–Trinajstić information content (AvgIpc) is 1.88. The van der Waals surface area contributed by atoms with Crippen molar-refractivity contribution in [2.45, 2.75) is 25.7 Å². The zero-order valence-corrected chi connectivity index (χ0v) is 4.28. The molecule has 1 N–H and O–H groups in total. The van der Waals surface area contributed by atoms with Crippen LogP contribution in [0.2, 0.25) is 0 Å². The number of hydrogen-bond acceptors (Lipinski definition) is 1. The van der Waals surface area contributed by atoms with Crippen molar-refractivity contribution in [3.63, 3.8) is 0 Å². The van der Waals surface area contributed by atoms with Gasteiger partial charge in [-0.25, -0.2) is 0 Å². The van der Waals surface area contributed by atoms with Crippen LogP contribution >= 0.6 is 0 Å². The van der Waals surface area contributed by atoms with Gasteiger partial charge in [0.2, 0.25) is 0 Å². The number of piperidine rings is 1. The molecule has 1 rings (SSSR count). The zero-order valence-electron chi connectivity index (χ0n) is 7.28. The van der Waals surface area contributed by atoms with Gasteiger partial charge in [-0.1, -0.05) is 0 Å². The quantitative estimate of drug-likeness (QED) is 0.479. The van der Waals surface area contributed by atoms with Gasteiger partial charge in [0.05, 0.1) is 0 Å². The van der Waals surface area contributed by atoms with Gasteiger partial charge in [0, 0.05) is 10.2 Å². The van der Waals surface area contributed by atoms with E-state index in [-0.39, 0.29) is 6.04 Å². The highest BCUT2D eigenvalue weighted by Crippen LogP contribution is 2.03. The molecule has 1 saturated heterocycles. The number of rotatable bonds is 0. The highest BCUT2D eigenvalue weighted by molar-refractivity contribution is 4.78. The Bertz CT molecular complexity index is 104. The summed E-state index contributed by atoms with van der Waals surface area (Å²) >= 11 is 0. The van der Waals surface area contributed by atoms with Gasteiger partial charge < -0.3 is 5.32 Å². The van der Waals surface area contributed by atoms with Crippen molar-refractivity contribution >= 4 is 0 Å². The molecule has 0 aromatic rings. The van der Waals surface area contributed by atoms with E-state index < -0.39 is 6.85 Å². The third kappa shape index (κ3) is 1.48. The third-order valence-corrected chi connectivity index (χ3v) is 1.17. The molecule has 1 nitrogen and oxygen atoms in total. The van der Waals surface area contributed by atoms with Crippen LogP contribution in [0.3, 0.4) is 0 Å². The van der Waals surface area contributed by atoms with E-state index in [1.165, 1.54) is 0 Å². The van der Waals surface area contributed by atoms with Gasteiger partial charge in [0.1, 0.15) is 0 Å². The van der Waals surface area contributed by atoms with Crippen molar-refractivity contribution in [3.8, 4) is 0 Å². The Balaban J connectivity index is 2.39. The van der Waals surface area contributed by atoms with Crippen molar-refractivity contribution in [2.24, 2.45) is 0 Å². The molecule has 1 radical (unpaired) electrons. The van der Waals surface area contributed by atoms with Gasteiger partial charge in [0.25, 0.3) is 0 Å². The molecule has 0 aliphatic carbocycles. The molecule has 0 aromatic carbocycles. The van der Waals surface area contributed by atoms with Gasteiger partial charge in [-0.2, -0.15) is 0 Å². The lowest BCUT2D eigenvalue weighted by Gasteiger charge is -2.17. The molecule has 1 heteroatoms. The highest BCUT2D eigenvalue weighted by atomic mass is 14.9. The molecule has 0 unspecified atom stereocenters. The van der Waals surface area contributed by atoms with E-state index in [0.29, 0.717) is 0 Å². The van der Waals surface area contributed by atoms with Crippen LogP contribution < -0.4 is 5.32 Å². The standard InChI is InChI=1S/C6H12N/c1-6-4-2-3-5-7-6/h3,6-7H,2,4-5H2,1H3/t6-/m0/s1/i1D3. The van der Waals surface area contributed by atoms with Gasteiger partial charge in [0.15, 0.2) is 0 Å². The van der Waals surface area contributed by atoms with E-state index >= 15 is 0 Å². The molecule has 1 fully saturated rings. The average molecular weight is 101 g/mol. The van der Waals surface area contributed by atoms with Gasteiger partial charge in [-0.05, 0) is 32.7 Å². The minimum absolute atomic E-state index is 0.280. The number of nitrogens with one attached hydrogen (secondary N) is 1. The Morgan fingerprint density at radius 3 is 3.43 bits per heavy atom. The van der Waals surface area contributed by atoms with Gasteiger partial charge >= 0.3 is 0 Å². The molecular formula is C6H12N. The van der Waals surface area contributed by atoms with Crippen LogP contribution in [0.1, 0.15) is 23.8 Å². The van der Waals surface area contributed by atoms with Gasteiger partial charge in [-0.15, -0.1) is 0 Å². The van der Waals surface area contributed by atoms with Crippen LogP contribution in [0.25, 0.3) is 0 Å². The minimum Gasteiger partial charge on any atom is -0.314 e. The van der Waals surface area contributed by atoms with Crippen molar-refractivity contribution < 1.29 is 4.11 Å². The van der Waals surface area contributed by atoms with Crippen LogP contribution in [0, 0.1) is 6.42 Å². The lowest BCUT2D eigenvalue weighted by atomic mass is 10.1. The first-order valence-corrected chi connectivity index (χ1v) is 2.66. The Kier molecular flexibility index (Phi) is 0.824. The molecule has 0 saturated carbocycles. The topological polar surface area (TPSA) is 12.0 Å². The summed E-state index contributed by atoms with van der Waals surface area (Å²) in [5, 5.41) is 2.94. The second-order valence-electron chi connectivity index (χ2n) is 1.83. The fourth-order valence-corrected chi connectivity index (χ4v) is 0.714. The van der Waals surface area contributed by atoms with Crippen LogP contribution in [0.4, 0.5) is 0 Å². The lowest BCUT2D eigenvalue weighted by Crippen LogP contribution is -2.31. The van der Waals surface area contributed by atoms with Crippen LogP contribution in [-0.2, 0) is 0 Å². The van der Waals surface area contributed by atoms with Crippen LogP contribution in [0.15, 0.2) is 0 Å². The minimum atomic E-state index is -1.81. The molecule has 41 valence electrons. The zero-order chi connectivity index (χ0) is 7.61. The molecule has 0 bridgehead atoms. The van der Waals surface area contributed by atoms with Crippen molar-refractivity contribution in [1.29, 1.82) is 0 Å². The first-order chi connectivity index (χ1) is 4.61. The Morgan fingerprint density at radius 2 is 3.00 bits per heavy atom. The molecule has 1 heterocycles. The van der Waals surface area contributed by atoms with E-state index in [1.807, 2.05) is 0 Å². The highest BCUT2D eigenvalue weighted by Gasteiger charge is 2.04. The molecule has 1 aliphatic heterocycles. The molecule has 7 heavy (non-hydrogen) atoms. The largest absolute Gasteiger partial charge is 0.314 e. The summed E-state index contributed by atoms with van der Waals surface area (Å²) in [5.41, 5.74) is 0. The van der Waals surface area contributed by atoms with E-state index in [2.05, 4.69) is 11.7 Å². The van der Waals surface area contributed by atoms with E-state index in [4.69, 9.17) is 4.11 Å². The SMILES string of the molecule is [2H]C([2H])([2H])[C@H]1CC[CH]CN1. The van der Waals surface area contributed by atoms with E-state index in [0.717, 1.165) is 19.4 Å². The monoisotopic (exact) mass is 101 g/mol. The summed E-state index contributed by atoms with van der Waals surface area (Å²) < 4.78 is 21.2.